The quantitative estimate of drug-likeness (QED) is 0.717. The summed E-state index contributed by atoms with van der Waals surface area (Å²) in [6.45, 7) is 0. The molecule has 2 aliphatic rings. The van der Waals surface area contributed by atoms with E-state index in [9.17, 15) is 9.59 Å². The molecule has 3 rings (SSSR count). The first-order valence-electron chi connectivity index (χ1n) is 5.77. The highest BCUT2D eigenvalue weighted by Crippen LogP contribution is 2.40. The van der Waals surface area contributed by atoms with E-state index in [1.54, 1.807) is 0 Å². The summed E-state index contributed by atoms with van der Waals surface area (Å²) in [6.07, 6.45) is 1.73. The van der Waals surface area contributed by atoms with Gasteiger partial charge in [-0.2, -0.15) is 0 Å². The Balaban J connectivity index is 1.93. The van der Waals surface area contributed by atoms with Gasteiger partial charge in [-0.15, -0.1) is 0 Å². The van der Waals surface area contributed by atoms with Gasteiger partial charge in [-0.25, -0.2) is 0 Å². The summed E-state index contributed by atoms with van der Waals surface area (Å²) in [7, 11) is 0. The maximum Gasteiger partial charge on any atom is 0.230 e. The number of carbonyl (C=O) groups excluding carboxylic acids is 2. The fourth-order valence-corrected chi connectivity index (χ4v) is 3.01. The Morgan fingerprint density at radius 3 is 2.53 bits per heavy atom. The Hall–Kier alpha value is -1.35. The van der Waals surface area contributed by atoms with Crippen molar-refractivity contribution in [2.24, 2.45) is 0 Å². The molecule has 0 aliphatic carbocycles. The summed E-state index contributed by atoms with van der Waals surface area (Å²) in [5.74, 6) is 0.0973. The molecule has 4 heteroatoms. The smallest absolute Gasteiger partial charge is 0.230 e. The van der Waals surface area contributed by atoms with E-state index < -0.39 is 0 Å². The van der Waals surface area contributed by atoms with Crippen LogP contribution in [0, 0.1) is 0 Å². The van der Waals surface area contributed by atoms with Crippen LogP contribution in [0.2, 0.25) is 5.02 Å². The first-order valence-corrected chi connectivity index (χ1v) is 6.15. The third-order valence-corrected chi connectivity index (χ3v) is 3.93. The molecule has 2 fully saturated rings. The summed E-state index contributed by atoms with van der Waals surface area (Å²) in [4.78, 5) is 24.8. The minimum atomic E-state index is -0.0301. The molecule has 2 saturated heterocycles. The van der Waals surface area contributed by atoms with Crippen molar-refractivity contribution in [1.82, 2.24) is 4.90 Å². The van der Waals surface area contributed by atoms with Gasteiger partial charge in [-0.3, -0.25) is 14.5 Å². The molecule has 0 aromatic heterocycles. The zero-order valence-corrected chi connectivity index (χ0v) is 9.98. The van der Waals surface area contributed by atoms with E-state index in [0.29, 0.717) is 17.9 Å². The van der Waals surface area contributed by atoms with E-state index in [4.69, 9.17) is 11.6 Å². The molecule has 0 spiro atoms. The second-order valence-corrected chi connectivity index (χ2v) is 5.06. The van der Waals surface area contributed by atoms with Gasteiger partial charge in [0.15, 0.2) is 0 Å². The number of benzene rings is 1. The lowest BCUT2D eigenvalue weighted by Gasteiger charge is -2.18. The molecular formula is C13H12ClNO2. The van der Waals surface area contributed by atoms with Crippen LogP contribution in [-0.4, -0.2) is 22.8 Å². The topological polar surface area (TPSA) is 37.4 Å². The van der Waals surface area contributed by atoms with E-state index in [-0.39, 0.29) is 23.8 Å². The molecule has 2 heterocycles. The van der Waals surface area contributed by atoms with Crippen LogP contribution in [0.15, 0.2) is 24.3 Å². The number of fused-ring (bicyclic) bond motifs is 1. The Morgan fingerprint density at radius 1 is 1.12 bits per heavy atom. The molecular weight excluding hydrogens is 238 g/mol. The second-order valence-electron chi connectivity index (χ2n) is 4.63. The van der Waals surface area contributed by atoms with Gasteiger partial charge in [0, 0.05) is 29.8 Å². The molecule has 2 aliphatic heterocycles. The third kappa shape index (κ3) is 1.65. The first kappa shape index (κ1) is 10.8. The van der Waals surface area contributed by atoms with Crippen LogP contribution in [0.4, 0.5) is 0 Å². The SMILES string of the molecule is O=C1CC[C@@H]2[C@@H](c3ccc(Cl)cc3)CC(=O)N12. The normalized spacial score (nSPS) is 27.7. The van der Waals surface area contributed by atoms with Gasteiger partial charge < -0.3 is 0 Å². The van der Waals surface area contributed by atoms with E-state index >= 15 is 0 Å². The van der Waals surface area contributed by atoms with E-state index in [1.165, 1.54) is 4.90 Å². The zero-order valence-electron chi connectivity index (χ0n) is 9.23. The maximum absolute atomic E-state index is 11.8. The van der Waals surface area contributed by atoms with Gasteiger partial charge >= 0.3 is 0 Å². The van der Waals surface area contributed by atoms with Gasteiger partial charge in [-0.05, 0) is 24.1 Å². The minimum absolute atomic E-state index is 0.0172. The Morgan fingerprint density at radius 2 is 1.82 bits per heavy atom. The maximum atomic E-state index is 11.8. The minimum Gasteiger partial charge on any atom is -0.279 e. The summed E-state index contributed by atoms with van der Waals surface area (Å²) in [5.41, 5.74) is 1.10. The van der Waals surface area contributed by atoms with Crippen molar-refractivity contribution in [1.29, 1.82) is 0 Å². The molecule has 17 heavy (non-hydrogen) atoms. The first-order chi connectivity index (χ1) is 8.16. The number of hydrogen-bond acceptors (Lipinski definition) is 2. The molecule has 1 aromatic rings. The van der Waals surface area contributed by atoms with Crippen LogP contribution in [0.3, 0.4) is 0 Å². The highest BCUT2D eigenvalue weighted by atomic mass is 35.5. The molecule has 88 valence electrons. The molecule has 0 radical (unpaired) electrons. The van der Waals surface area contributed by atoms with Crippen molar-refractivity contribution in [3.8, 4) is 0 Å². The van der Waals surface area contributed by atoms with E-state index in [1.807, 2.05) is 24.3 Å². The molecule has 0 bridgehead atoms. The van der Waals surface area contributed by atoms with Crippen LogP contribution >= 0.6 is 11.6 Å². The molecule has 1 aromatic carbocycles. The molecule has 0 N–H and O–H groups in total. The standard InChI is InChI=1S/C13H12ClNO2/c14-9-3-1-8(2-4-9)10-7-13(17)15-11(10)5-6-12(15)16/h1-4,10-11H,5-7H2/t10-,11-/m1/s1. The van der Waals surface area contributed by atoms with Gasteiger partial charge in [0.25, 0.3) is 0 Å². The van der Waals surface area contributed by atoms with Crippen molar-refractivity contribution in [3.05, 3.63) is 34.9 Å². The van der Waals surface area contributed by atoms with Crippen molar-refractivity contribution in [3.63, 3.8) is 0 Å². The fourth-order valence-electron chi connectivity index (χ4n) is 2.88. The van der Waals surface area contributed by atoms with Crippen LogP contribution in [0.1, 0.15) is 30.7 Å². The number of nitrogens with zero attached hydrogens (tertiary/aromatic N) is 1. The predicted molar refractivity (Wildman–Crippen MR) is 63.7 cm³/mol. The summed E-state index contributed by atoms with van der Waals surface area (Å²) in [5, 5.41) is 0.692. The molecule has 2 amide bonds. The zero-order chi connectivity index (χ0) is 12.0. The lowest BCUT2D eigenvalue weighted by Crippen LogP contribution is -2.32. The largest absolute Gasteiger partial charge is 0.279 e. The highest BCUT2D eigenvalue weighted by Gasteiger charge is 2.47. The van der Waals surface area contributed by atoms with Crippen molar-refractivity contribution >= 4 is 23.4 Å². The number of imide groups is 1. The van der Waals surface area contributed by atoms with Crippen LogP contribution in [0.25, 0.3) is 0 Å². The Bertz CT molecular complexity index is 483. The lowest BCUT2D eigenvalue weighted by atomic mass is 9.90. The molecule has 3 nitrogen and oxygen atoms in total. The van der Waals surface area contributed by atoms with Gasteiger partial charge in [0.05, 0.1) is 0 Å². The molecule has 2 atom stereocenters. The number of amides is 2. The predicted octanol–water partition coefficient (Wildman–Crippen LogP) is 2.34. The van der Waals surface area contributed by atoms with E-state index in [2.05, 4.69) is 0 Å². The van der Waals surface area contributed by atoms with Gasteiger partial charge in [0.2, 0.25) is 11.8 Å². The number of carbonyl (C=O) groups is 2. The number of hydrogen-bond donors (Lipinski definition) is 0. The third-order valence-electron chi connectivity index (χ3n) is 3.68. The van der Waals surface area contributed by atoms with Crippen LogP contribution in [-0.2, 0) is 9.59 Å². The number of halogens is 1. The average molecular weight is 250 g/mol. The fraction of sp³-hybridized carbons (Fsp3) is 0.385. The van der Waals surface area contributed by atoms with Gasteiger partial charge in [0.1, 0.15) is 0 Å². The summed E-state index contributed by atoms with van der Waals surface area (Å²) < 4.78 is 0. The molecule has 0 unspecified atom stereocenters. The van der Waals surface area contributed by atoms with Crippen molar-refractivity contribution < 1.29 is 9.59 Å². The highest BCUT2D eigenvalue weighted by molar-refractivity contribution is 6.30. The molecule has 0 saturated carbocycles. The van der Waals surface area contributed by atoms with Crippen LogP contribution in [0.5, 0.6) is 0 Å². The Labute approximate surface area is 104 Å². The number of rotatable bonds is 1. The van der Waals surface area contributed by atoms with Gasteiger partial charge in [-0.1, -0.05) is 23.7 Å². The second kappa shape index (κ2) is 3.84. The van der Waals surface area contributed by atoms with Crippen molar-refractivity contribution in [2.45, 2.75) is 31.2 Å². The summed E-state index contributed by atoms with van der Waals surface area (Å²) in [6, 6.07) is 7.64. The lowest BCUT2D eigenvalue weighted by molar-refractivity contribution is -0.140. The van der Waals surface area contributed by atoms with Crippen molar-refractivity contribution in [2.75, 3.05) is 0 Å². The Kier molecular flexibility index (Phi) is 2.44. The average Bonchev–Trinajstić information content (AvgIpc) is 2.83. The monoisotopic (exact) mass is 249 g/mol. The summed E-state index contributed by atoms with van der Waals surface area (Å²) >= 11 is 5.85. The van der Waals surface area contributed by atoms with Crippen LogP contribution < -0.4 is 0 Å². The van der Waals surface area contributed by atoms with E-state index in [0.717, 1.165) is 12.0 Å².